The zero-order valence-electron chi connectivity index (χ0n) is 15.3. The molecule has 144 valence electrons. The lowest BCUT2D eigenvalue weighted by Gasteiger charge is -2.32. The fourth-order valence-corrected chi connectivity index (χ4v) is 3.61. The Hall–Kier alpha value is -1.92. The van der Waals surface area contributed by atoms with E-state index >= 15 is 0 Å². The zero-order chi connectivity index (χ0) is 19.2. The topological polar surface area (TPSA) is 38.8 Å². The van der Waals surface area contributed by atoms with Crippen LogP contribution in [0.4, 0.5) is 4.39 Å². The lowest BCUT2D eigenvalue weighted by atomic mass is 9.97. The number of rotatable bonds is 6. The molecule has 0 aliphatic carbocycles. The van der Waals surface area contributed by atoms with Crippen molar-refractivity contribution in [2.24, 2.45) is 5.92 Å². The molecule has 0 bridgehead atoms. The molecule has 0 spiro atoms. The van der Waals surface area contributed by atoms with Crippen molar-refractivity contribution in [3.8, 4) is 5.75 Å². The van der Waals surface area contributed by atoms with E-state index in [1.807, 2.05) is 17.0 Å². The number of hydrogen-bond donors (Lipinski definition) is 0. The van der Waals surface area contributed by atoms with E-state index < -0.39 is 0 Å². The summed E-state index contributed by atoms with van der Waals surface area (Å²) in [5.41, 5.74) is 1.59. The molecule has 0 saturated carbocycles. The molecule has 0 unspecified atom stereocenters. The van der Waals surface area contributed by atoms with Gasteiger partial charge in [0.15, 0.2) is 0 Å². The number of carbonyl (C=O) groups excluding carboxylic acids is 1. The van der Waals surface area contributed by atoms with E-state index in [1.54, 1.807) is 25.3 Å². The molecule has 1 aliphatic rings. The first-order valence-corrected chi connectivity index (χ1v) is 9.81. The molecule has 1 amide bonds. The third-order valence-electron chi connectivity index (χ3n) is 4.84. The Kier molecular flexibility index (Phi) is 6.85. The minimum Gasteiger partial charge on any atom is -0.497 e. The molecule has 2 aromatic rings. The number of methoxy groups -OCH3 is 1. The zero-order valence-corrected chi connectivity index (χ0v) is 16.9. The minimum absolute atomic E-state index is 0.0199. The van der Waals surface area contributed by atoms with Crippen molar-refractivity contribution in [2.45, 2.75) is 19.4 Å². The minimum atomic E-state index is -0.238. The number of likely N-dealkylation sites (tertiary alicyclic amines) is 1. The Morgan fingerprint density at radius 2 is 1.89 bits per heavy atom. The fraction of sp³-hybridized carbons (Fsp3) is 0.381. The Morgan fingerprint density at radius 3 is 2.56 bits per heavy atom. The van der Waals surface area contributed by atoms with Gasteiger partial charge < -0.3 is 14.4 Å². The SMILES string of the molecule is COc1ccc(Br)c(C(=O)N2CCC(COCc3ccc(F)cc3)CC2)c1. The number of amides is 1. The van der Waals surface area contributed by atoms with Crippen LogP contribution in [-0.2, 0) is 11.3 Å². The highest BCUT2D eigenvalue weighted by Crippen LogP contribution is 2.26. The van der Waals surface area contributed by atoms with E-state index in [9.17, 15) is 9.18 Å². The summed E-state index contributed by atoms with van der Waals surface area (Å²) in [5.74, 6) is 0.888. The van der Waals surface area contributed by atoms with Crippen molar-refractivity contribution < 1.29 is 18.7 Å². The summed E-state index contributed by atoms with van der Waals surface area (Å²) in [6.45, 7) is 2.57. The molecule has 1 fully saturated rings. The van der Waals surface area contributed by atoms with Crippen LogP contribution in [-0.4, -0.2) is 37.6 Å². The summed E-state index contributed by atoms with van der Waals surface area (Å²) >= 11 is 3.45. The van der Waals surface area contributed by atoms with Gasteiger partial charge in [-0.3, -0.25) is 4.79 Å². The first kappa shape index (κ1) is 19.8. The lowest BCUT2D eigenvalue weighted by Crippen LogP contribution is -2.39. The molecule has 2 aromatic carbocycles. The highest BCUT2D eigenvalue weighted by molar-refractivity contribution is 9.10. The molecule has 6 heteroatoms. The number of nitrogens with zero attached hydrogens (tertiary/aromatic N) is 1. The van der Waals surface area contributed by atoms with Gasteiger partial charge in [0.25, 0.3) is 5.91 Å². The molecule has 1 heterocycles. The van der Waals surface area contributed by atoms with Crippen molar-refractivity contribution in [3.63, 3.8) is 0 Å². The summed E-state index contributed by atoms with van der Waals surface area (Å²) in [7, 11) is 1.59. The predicted molar refractivity (Wildman–Crippen MR) is 105 cm³/mol. The Balaban J connectivity index is 1.47. The van der Waals surface area contributed by atoms with E-state index in [0.29, 0.717) is 43.5 Å². The third kappa shape index (κ3) is 5.30. The number of benzene rings is 2. The van der Waals surface area contributed by atoms with E-state index in [1.165, 1.54) is 12.1 Å². The van der Waals surface area contributed by atoms with Gasteiger partial charge in [0, 0.05) is 24.2 Å². The molecule has 0 aromatic heterocycles. The summed E-state index contributed by atoms with van der Waals surface area (Å²) in [4.78, 5) is 14.7. The number of piperidine rings is 1. The van der Waals surface area contributed by atoms with Gasteiger partial charge in [-0.1, -0.05) is 12.1 Å². The van der Waals surface area contributed by atoms with Crippen molar-refractivity contribution in [1.82, 2.24) is 4.90 Å². The van der Waals surface area contributed by atoms with Crippen LogP contribution in [0, 0.1) is 11.7 Å². The molecule has 27 heavy (non-hydrogen) atoms. The summed E-state index contributed by atoms with van der Waals surface area (Å²) < 4.78 is 24.7. The average Bonchev–Trinajstić information content (AvgIpc) is 2.70. The highest BCUT2D eigenvalue weighted by atomic mass is 79.9. The maximum Gasteiger partial charge on any atom is 0.255 e. The highest BCUT2D eigenvalue weighted by Gasteiger charge is 2.25. The summed E-state index contributed by atoms with van der Waals surface area (Å²) in [6, 6.07) is 11.8. The largest absolute Gasteiger partial charge is 0.497 e. The second-order valence-electron chi connectivity index (χ2n) is 6.72. The van der Waals surface area contributed by atoms with Crippen LogP contribution < -0.4 is 4.74 Å². The normalized spacial score (nSPS) is 15.0. The first-order valence-electron chi connectivity index (χ1n) is 9.02. The molecule has 0 radical (unpaired) electrons. The molecule has 0 atom stereocenters. The molecule has 1 aliphatic heterocycles. The van der Waals surface area contributed by atoms with Gasteiger partial charge in [0.05, 0.1) is 19.3 Å². The monoisotopic (exact) mass is 435 g/mol. The van der Waals surface area contributed by atoms with Crippen LogP contribution in [0.1, 0.15) is 28.8 Å². The Bertz CT molecular complexity index is 773. The maximum absolute atomic E-state index is 12.9. The molecule has 4 nitrogen and oxygen atoms in total. The molecule has 1 saturated heterocycles. The summed E-state index contributed by atoms with van der Waals surface area (Å²) in [5, 5.41) is 0. The van der Waals surface area contributed by atoms with E-state index in [2.05, 4.69) is 15.9 Å². The quantitative estimate of drug-likeness (QED) is 0.661. The standard InChI is InChI=1S/C21H23BrFNO3/c1-26-18-6-7-20(22)19(12-18)21(25)24-10-8-16(9-11-24)14-27-13-15-2-4-17(23)5-3-15/h2-7,12,16H,8-11,13-14H2,1H3. The molecular formula is C21H23BrFNO3. The van der Waals surface area contributed by atoms with Crippen molar-refractivity contribution in [1.29, 1.82) is 0 Å². The van der Waals surface area contributed by atoms with Gasteiger partial charge in [-0.15, -0.1) is 0 Å². The van der Waals surface area contributed by atoms with Crippen LogP contribution in [0.25, 0.3) is 0 Å². The van der Waals surface area contributed by atoms with Gasteiger partial charge >= 0.3 is 0 Å². The van der Waals surface area contributed by atoms with Crippen LogP contribution in [0.3, 0.4) is 0 Å². The second kappa shape index (κ2) is 9.33. The fourth-order valence-electron chi connectivity index (χ4n) is 3.19. The van der Waals surface area contributed by atoms with Crippen LogP contribution >= 0.6 is 15.9 Å². The predicted octanol–water partition coefficient (Wildman–Crippen LogP) is 4.67. The van der Waals surface area contributed by atoms with Gasteiger partial charge in [-0.2, -0.15) is 0 Å². The van der Waals surface area contributed by atoms with Crippen molar-refractivity contribution in [2.75, 3.05) is 26.8 Å². The van der Waals surface area contributed by atoms with Gasteiger partial charge in [-0.25, -0.2) is 4.39 Å². The lowest BCUT2D eigenvalue weighted by molar-refractivity contribution is 0.0478. The average molecular weight is 436 g/mol. The second-order valence-corrected chi connectivity index (χ2v) is 7.58. The van der Waals surface area contributed by atoms with Crippen molar-refractivity contribution >= 4 is 21.8 Å². The summed E-state index contributed by atoms with van der Waals surface area (Å²) in [6.07, 6.45) is 1.83. The molecule has 3 rings (SSSR count). The van der Waals surface area contributed by atoms with E-state index in [4.69, 9.17) is 9.47 Å². The Labute approximate surface area is 167 Å². The van der Waals surface area contributed by atoms with Crippen LogP contribution in [0.15, 0.2) is 46.9 Å². The first-order chi connectivity index (χ1) is 13.1. The van der Waals surface area contributed by atoms with Gasteiger partial charge in [0.1, 0.15) is 11.6 Å². The number of ether oxygens (including phenoxy) is 2. The van der Waals surface area contributed by atoms with Crippen molar-refractivity contribution in [3.05, 3.63) is 63.9 Å². The van der Waals surface area contributed by atoms with Crippen LogP contribution in [0.2, 0.25) is 0 Å². The Morgan fingerprint density at radius 1 is 1.19 bits per heavy atom. The molecular weight excluding hydrogens is 413 g/mol. The maximum atomic E-state index is 12.9. The van der Waals surface area contributed by atoms with E-state index in [0.717, 1.165) is 22.9 Å². The number of carbonyl (C=O) groups is 1. The van der Waals surface area contributed by atoms with Gasteiger partial charge in [0.2, 0.25) is 0 Å². The number of hydrogen-bond acceptors (Lipinski definition) is 3. The molecule has 0 N–H and O–H groups in total. The van der Waals surface area contributed by atoms with Crippen LogP contribution in [0.5, 0.6) is 5.75 Å². The third-order valence-corrected chi connectivity index (χ3v) is 5.53. The smallest absolute Gasteiger partial charge is 0.255 e. The van der Waals surface area contributed by atoms with E-state index in [-0.39, 0.29) is 11.7 Å². The number of halogens is 2. The van der Waals surface area contributed by atoms with Gasteiger partial charge in [-0.05, 0) is 70.6 Å².